The van der Waals surface area contributed by atoms with E-state index in [2.05, 4.69) is 10.2 Å². The van der Waals surface area contributed by atoms with E-state index in [9.17, 15) is 8.42 Å². The van der Waals surface area contributed by atoms with Crippen LogP contribution in [0.25, 0.3) is 5.69 Å². The van der Waals surface area contributed by atoms with Crippen molar-refractivity contribution in [3.63, 3.8) is 0 Å². The molecule has 7 heteroatoms. The molecule has 1 saturated heterocycles. The third-order valence-electron chi connectivity index (χ3n) is 5.32. The first-order valence-corrected chi connectivity index (χ1v) is 11.0. The molecule has 0 saturated carbocycles. The summed E-state index contributed by atoms with van der Waals surface area (Å²) in [6.07, 6.45) is 4.26. The molecule has 1 fully saturated rings. The fourth-order valence-electron chi connectivity index (χ4n) is 3.86. The molecule has 1 aliphatic heterocycles. The van der Waals surface area contributed by atoms with Gasteiger partial charge in [-0.05, 0) is 49.4 Å². The zero-order valence-electron chi connectivity index (χ0n) is 15.9. The van der Waals surface area contributed by atoms with Crippen molar-refractivity contribution in [3.8, 4) is 5.69 Å². The topological polar surface area (TPSA) is 68.1 Å². The van der Waals surface area contributed by atoms with Gasteiger partial charge in [-0.1, -0.05) is 36.4 Å². The van der Waals surface area contributed by atoms with E-state index >= 15 is 0 Å². The number of piperidine rings is 1. The van der Waals surface area contributed by atoms with Gasteiger partial charge in [0, 0.05) is 25.2 Å². The Morgan fingerprint density at radius 3 is 2.61 bits per heavy atom. The van der Waals surface area contributed by atoms with Gasteiger partial charge in [-0.15, -0.1) is 10.2 Å². The number of nitrogens with zero attached hydrogens (tertiary/aromatic N) is 4. The largest absolute Gasteiger partial charge is 0.286 e. The van der Waals surface area contributed by atoms with Crippen molar-refractivity contribution in [1.82, 2.24) is 19.1 Å². The van der Waals surface area contributed by atoms with Gasteiger partial charge in [0.15, 0.2) is 0 Å². The van der Waals surface area contributed by atoms with Gasteiger partial charge in [0.25, 0.3) is 0 Å². The van der Waals surface area contributed by atoms with Crippen LogP contribution in [0.4, 0.5) is 0 Å². The normalized spacial score (nSPS) is 18.2. The van der Waals surface area contributed by atoms with Crippen LogP contribution in [-0.2, 0) is 16.4 Å². The van der Waals surface area contributed by atoms with Crippen LogP contribution in [0.1, 0.15) is 24.2 Å². The number of hydrogen-bond donors (Lipinski definition) is 0. The molecule has 0 spiro atoms. The molecule has 3 aromatic rings. The summed E-state index contributed by atoms with van der Waals surface area (Å²) in [6.45, 7) is 2.92. The van der Waals surface area contributed by atoms with Crippen molar-refractivity contribution in [2.24, 2.45) is 5.92 Å². The van der Waals surface area contributed by atoms with Crippen molar-refractivity contribution < 1.29 is 8.42 Å². The number of hydrogen-bond acceptors (Lipinski definition) is 4. The van der Waals surface area contributed by atoms with Crippen LogP contribution in [0.5, 0.6) is 0 Å². The van der Waals surface area contributed by atoms with E-state index in [1.165, 1.54) is 0 Å². The highest BCUT2D eigenvalue weighted by Crippen LogP contribution is 2.27. The van der Waals surface area contributed by atoms with Crippen molar-refractivity contribution in [1.29, 1.82) is 0 Å². The fourth-order valence-corrected chi connectivity index (χ4v) is 5.64. The van der Waals surface area contributed by atoms with Gasteiger partial charge in [-0.3, -0.25) is 4.57 Å². The molecule has 1 unspecified atom stereocenters. The molecule has 0 N–H and O–H groups in total. The molecule has 0 amide bonds. The molecule has 146 valence electrons. The Labute approximate surface area is 165 Å². The lowest BCUT2D eigenvalue weighted by molar-refractivity contribution is 0.262. The zero-order valence-corrected chi connectivity index (χ0v) is 16.7. The maximum atomic E-state index is 13.1. The van der Waals surface area contributed by atoms with Gasteiger partial charge in [-0.25, -0.2) is 8.42 Å². The zero-order chi connectivity index (χ0) is 19.6. The van der Waals surface area contributed by atoms with E-state index in [1.54, 1.807) is 22.8 Å². The van der Waals surface area contributed by atoms with Crippen molar-refractivity contribution >= 4 is 10.0 Å². The lowest BCUT2D eigenvalue weighted by atomic mass is 9.96. The second kappa shape index (κ2) is 7.85. The monoisotopic (exact) mass is 396 g/mol. The van der Waals surface area contributed by atoms with Gasteiger partial charge in [-0.2, -0.15) is 4.31 Å². The van der Waals surface area contributed by atoms with E-state index in [0.29, 0.717) is 24.4 Å². The number of sulfonamides is 1. The SMILES string of the molecule is Cc1ccccc1S(=O)(=O)N1CCCC(Cc2nncn2-c2ccccc2)C1. The Morgan fingerprint density at radius 2 is 1.82 bits per heavy atom. The maximum Gasteiger partial charge on any atom is 0.243 e. The molecule has 28 heavy (non-hydrogen) atoms. The average molecular weight is 397 g/mol. The third-order valence-corrected chi connectivity index (χ3v) is 7.34. The number of benzene rings is 2. The minimum Gasteiger partial charge on any atom is -0.286 e. The molecular formula is C21H24N4O2S. The van der Waals surface area contributed by atoms with E-state index in [4.69, 9.17) is 0 Å². The summed E-state index contributed by atoms with van der Waals surface area (Å²) in [6, 6.07) is 17.2. The molecule has 0 aliphatic carbocycles. The van der Waals surface area contributed by atoms with Crippen LogP contribution in [0.3, 0.4) is 0 Å². The average Bonchev–Trinajstić information content (AvgIpc) is 3.17. The summed E-state index contributed by atoms with van der Waals surface area (Å²) in [7, 11) is -3.48. The lowest BCUT2D eigenvalue weighted by Crippen LogP contribution is -2.40. The van der Waals surface area contributed by atoms with Gasteiger partial charge in [0.05, 0.1) is 4.90 Å². The Kier molecular flexibility index (Phi) is 5.28. The first-order valence-electron chi connectivity index (χ1n) is 9.56. The summed E-state index contributed by atoms with van der Waals surface area (Å²) < 4.78 is 29.9. The Hall–Kier alpha value is -2.51. The second-order valence-corrected chi connectivity index (χ2v) is 9.20. The number of aromatic nitrogens is 3. The Balaban J connectivity index is 1.53. The third kappa shape index (κ3) is 3.72. The first kappa shape index (κ1) is 18.8. The molecule has 4 rings (SSSR count). The summed E-state index contributed by atoms with van der Waals surface area (Å²) >= 11 is 0. The van der Waals surface area contributed by atoms with Crippen LogP contribution in [0.2, 0.25) is 0 Å². The van der Waals surface area contributed by atoms with Crippen LogP contribution in [0, 0.1) is 12.8 Å². The number of para-hydroxylation sites is 1. The number of rotatable bonds is 5. The van der Waals surface area contributed by atoms with Crippen molar-refractivity contribution in [3.05, 3.63) is 72.3 Å². The van der Waals surface area contributed by atoms with Crippen LogP contribution < -0.4 is 0 Å². The Morgan fingerprint density at radius 1 is 1.07 bits per heavy atom. The fraction of sp³-hybridized carbons (Fsp3) is 0.333. The summed E-state index contributed by atoms with van der Waals surface area (Å²) in [4.78, 5) is 0.406. The summed E-state index contributed by atoms with van der Waals surface area (Å²) in [5, 5.41) is 8.36. The smallest absolute Gasteiger partial charge is 0.243 e. The maximum absolute atomic E-state index is 13.1. The van der Waals surface area contributed by atoms with Crippen molar-refractivity contribution in [2.75, 3.05) is 13.1 Å². The minimum atomic E-state index is -3.48. The van der Waals surface area contributed by atoms with Crippen LogP contribution in [-0.4, -0.2) is 40.6 Å². The van der Waals surface area contributed by atoms with E-state index in [-0.39, 0.29) is 5.92 Å². The van der Waals surface area contributed by atoms with Gasteiger partial charge in [0.2, 0.25) is 10.0 Å². The predicted octanol–water partition coefficient (Wildman–Crippen LogP) is 3.22. The quantitative estimate of drug-likeness (QED) is 0.664. The molecular weight excluding hydrogens is 372 g/mol. The molecule has 6 nitrogen and oxygen atoms in total. The lowest BCUT2D eigenvalue weighted by Gasteiger charge is -2.32. The van der Waals surface area contributed by atoms with Gasteiger partial charge < -0.3 is 0 Å². The highest BCUT2D eigenvalue weighted by Gasteiger charge is 2.31. The van der Waals surface area contributed by atoms with Gasteiger partial charge in [0.1, 0.15) is 12.2 Å². The standard InChI is InChI=1S/C21H24N4O2S/c1-17-8-5-6-12-20(17)28(26,27)24-13-7-9-18(15-24)14-21-23-22-16-25(21)19-10-3-2-4-11-19/h2-6,8,10-12,16,18H,7,9,13-15H2,1H3. The summed E-state index contributed by atoms with van der Waals surface area (Å²) in [5.74, 6) is 1.09. The summed E-state index contributed by atoms with van der Waals surface area (Å²) in [5.41, 5.74) is 1.80. The molecule has 0 bridgehead atoms. The molecule has 2 aromatic carbocycles. The highest BCUT2D eigenvalue weighted by atomic mass is 32.2. The Bertz CT molecular complexity index is 1050. The van der Waals surface area contributed by atoms with E-state index in [0.717, 1.165) is 29.9 Å². The second-order valence-electron chi connectivity index (χ2n) is 7.29. The molecule has 1 aliphatic rings. The predicted molar refractivity (Wildman–Crippen MR) is 108 cm³/mol. The van der Waals surface area contributed by atoms with Crippen LogP contribution in [0.15, 0.2) is 65.8 Å². The molecule has 0 radical (unpaired) electrons. The molecule has 1 atom stereocenters. The first-order chi connectivity index (χ1) is 13.6. The van der Waals surface area contributed by atoms with Crippen molar-refractivity contribution in [2.45, 2.75) is 31.1 Å². The van der Waals surface area contributed by atoms with E-state index in [1.807, 2.05) is 54.0 Å². The van der Waals surface area contributed by atoms with Crippen LogP contribution >= 0.6 is 0 Å². The number of aryl methyl sites for hydroxylation is 1. The molecule has 1 aromatic heterocycles. The minimum absolute atomic E-state index is 0.221. The highest BCUT2D eigenvalue weighted by molar-refractivity contribution is 7.89. The molecule has 2 heterocycles. The van der Waals surface area contributed by atoms with E-state index < -0.39 is 10.0 Å². The van der Waals surface area contributed by atoms with Gasteiger partial charge >= 0.3 is 0 Å².